The third kappa shape index (κ3) is 4.37. The smallest absolute Gasteiger partial charge is 0.118 e. The standard InChI is InChI=1S/C13H23NO2/c1-5-6-14-8-13-7-12(11(4)16-13)9-15-10(2)3/h7,10,14H,5-6,8-9H2,1-4H3. The molecule has 0 fully saturated rings. The van der Waals surface area contributed by atoms with Crippen LogP contribution in [-0.4, -0.2) is 12.6 Å². The van der Waals surface area contributed by atoms with Crippen molar-refractivity contribution in [3.05, 3.63) is 23.2 Å². The van der Waals surface area contributed by atoms with E-state index in [0.29, 0.717) is 6.61 Å². The lowest BCUT2D eigenvalue weighted by molar-refractivity contribution is 0.0650. The Morgan fingerprint density at radius 1 is 1.44 bits per heavy atom. The number of nitrogens with one attached hydrogen (secondary N) is 1. The third-order valence-electron chi connectivity index (χ3n) is 2.37. The summed E-state index contributed by atoms with van der Waals surface area (Å²) < 4.78 is 11.2. The molecule has 0 spiro atoms. The first-order valence-corrected chi connectivity index (χ1v) is 6.04. The Bertz CT molecular complexity index is 305. The third-order valence-corrected chi connectivity index (χ3v) is 2.37. The van der Waals surface area contributed by atoms with E-state index in [1.54, 1.807) is 0 Å². The molecule has 0 saturated carbocycles. The van der Waals surface area contributed by atoms with E-state index >= 15 is 0 Å². The van der Waals surface area contributed by atoms with Crippen LogP contribution in [0.25, 0.3) is 0 Å². The van der Waals surface area contributed by atoms with Crippen molar-refractivity contribution in [1.82, 2.24) is 5.32 Å². The van der Waals surface area contributed by atoms with Crippen LogP contribution in [0.3, 0.4) is 0 Å². The molecule has 3 nitrogen and oxygen atoms in total. The second-order valence-electron chi connectivity index (χ2n) is 4.33. The highest BCUT2D eigenvalue weighted by atomic mass is 16.5. The van der Waals surface area contributed by atoms with Gasteiger partial charge in [-0.25, -0.2) is 0 Å². The molecule has 0 aliphatic rings. The highest BCUT2D eigenvalue weighted by Gasteiger charge is 2.07. The second kappa shape index (κ2) is 6.71. The molecule has 16 heavy (non-hydrogen) atoms. The van der Waals surface area contributed by atoms with E-state index in [1.165, 1.54) is 0 Å². The molecule has 1 aromatic rings. The molecule has 3 heteroatoms. The largest absolute Gasteiger partial charge is 0.465 e. The molecule has 92 valence electrons. The van der Waals surface area contributed by atoms with E-state index in [2.05, 4.69) is 18.3 Å². The Morgan fingerprint density at radius 2 is 2.19 bits per heavy atom. The quantitative estimate of drug-likeness (QED) is 0.724. The predicted octanol–water partition coefficient (Wildman–Crippen LogP) is 3.01. The molecule has 1 aromatic heterocycles. The van der Waals surface area contributed by atoms with E-state index < -0.39 is 0 Å². The highest BCUT2D eigenvalue weighted by Crippen LogP contribution is 2.16. The fourth-order valence-electron chi connectivity index (χ4n) is 1.46. The number of rotatable bonds is 7. The van der Waals surface area contributed by atoms with Crippen LogP contribution in [-0.2, 0) is 17.9 Å². The summed E-state index contributed by atoms with van der Waals surface area (Å²) in [4.78, 5) is 0. The summed E-state index contributed by atoms with van der Waals surface area (Å²) in [7, 11) is 0. The van der Waals surface area contributed by atoms with Crippen LogP contribution in [0.15, 0.2) is 10.5 Å². The maximum Gasteiger partial charge on any atom is 0.118 e. The Balaban J connectivity index is 2.46. The van der Waals surface area contributed by atoms with Gasteiger partial charge in [-0.1, -0.05) is 6.92 Å². The van der Waals surface area contributed by atoms with Gasteiger partial charge in [0.15, 0.2) is 0 Å². The van der Waals surface area contributed by atoms with Crippen LogP contribution in [0, 0.1) is 6.92 Å². The van der Waals surface area contributed by atoms with Crippen LogP contribution in [0.5, 0.6) is 0 Å². The number of hydrogen-bond donors (Lipinski definition) is 1. The molecule has 0 radical (unpaired) electrons. The molecule has 1 heterocycles. The fourth-order valence-corrected chi connectivity index (χ4v) is 1.46. The Hall–Kier alpha value is -0.800. The van der Waals surface area contributed by atoms with Crippen molar-refractivity contribution < 1.29 is 9.15 Å². The van der Waals surface area contributed by atoms with Crippen molar-refractivity contribution in [2.75, 3.05) is 6.54 Å². The first-order valence-electron chi connectivity index (χ1n) is 6.04. The van der Waals surface area contributed by atoms with Gasteiger partial charge in [0, 0.05) is 5.56 Å². The average Bonchev–Trinajstić information content (AvgIpc) is 2.57. The van der Waals surface area contributed by atoms with Crippen LogP contribution >= 0.6 is 0 Å². The maximum atomic E-state index is 5.65. The highest BCUT2D eigenvalue weighted by molar-refractivity contribution is 5.19. The van der Waals surface area contributed by atoms with Gasteiger partial charge in [-0.15, -0.1) is 0 Å². The Labute approximate surface area is 98.2 Å². The first kappa shape index (κ1) is 13.3. The average molecular weight is 225 g/mol. The van der Waals surface area contributed by atoms with Crippen molar-refractivity contribution in [3.63, 3.8) is 0 Å². The zero-order valence-electron chi connectivity index (χ0n) is 10.8. The van der Waals surface area contributed by atoms with Gasteiger partial charge in [-0.2, -0.15) is 0 Å². The number of aryl methyl sites for hydroxylation is 1. The van der Waals surface area contributed by atoms with Crippen molar-refractivity contribution in [2.24, 2.45) is 0 Å². The zero-order valence-corrected chi connectivity index (χ0v) is 10.8. The molecule has 0 atom stereocenters. The molecular formula is C13H23NO2. The summed E-state index contributed by atoms with van der Waals surface area (Å²) in [6.45, 7) is 10.7. The van der Waals surface area contributed by atoms with Gasteiger partial charge in [0.25, 0.3) is 0 Å². The molecule has 0 saturated heterocycles. The van der Waals surface area contributed by atoms with Gasteiger partial charge in [0.1, 0.15) is 11.5 Å². The molecule has 0 unspecified atom stereocenters. The van der Waals surface area contributed by atoms with Crippen molar-refractivity contribution in [2.45, 2.75) is 53.4 Å². The summed E-state index contributed by atoms with van der Waals surface area (Å²) in [6, 6.07) is 2.08. The second-order valence-corrected chi connectivity index (χ2v) is 4.33. The van der Waals surface area contributed by atoms with Gasteiger partial charge in [0.05, 0.1) is 19.3 Å². The van der Waals surface area contributed by atoms with E-state index in [1.807, 2.05) is 20.8 Å². The summed E-state index contributed by atoms with van der Waals surface area (Å²) in [6.07, 6.45) is 1.40. The molecule has 1 N–H and O–H groups in total. The van der Waals surface area contributed by atoms with E-state index in [9.17, 15) is 0 Å². The lowest BCUT2D eigenvalue weighted by Crippen LogP contribution is -2.13. The minimum Gasteiger partial charge on any atom is -0.465 e. The zero-order chi connectivity index (χ0) is 12.0. The van der Waals surface area contributed by atoms with Gasteiger partial charge in [-0.3, -0.25) is 0 Å². The number of ether oxygens (including phenoxy) is 1. The van der Waals surface area contributed by atoms with Gasteiger partial charge < -0.3 is 14.5 Å². The minimum absolute atomic E-state index is 0.260. The van der Waals surface area contributed by atoms with Gasteiger partial charge >= 0.3 is 0 Å². The molecule has 0 amide bonds. The first-order chi connectivity index (χ1) is 7.63. The maximum absolute atomic E-state index is 5.65. The van der Waals surface area contributed by atoms with Crippen LogP contribution in [0.1, 0.15) is 44.3 Å². The summed E-state index contributed by atoms with van der Waals surface area (Å²) >= 11 is 0. The van der Waals surface area contributed by atoms with Crippen molar-refractivity contribution >= 4 is 0 Å². The number of hydrogen-bond acceptors (Lipinski definition) is 3. The fraction of sp³-hybridized carbons (Fsp3) is 0.692. The Kier molecular flexibility index (Phi) is 5.56. The molecule has 0 bridgehead atoms. The monoisotopic (exact) mass is 225 g/mol. The van der Waals surface area contributed by atoms with Gasteiger partial charge in [0.2, 0.25) is 0 Å². The molecule has 0 aliphatic heterocycles. The van der Waals surface area contributed by atoms with E-state index in [4.69, 9.17) is 9.15 Å². The van der Waals surface area contributed by atoms with Crippen LogP contribution in [0.2, 0.25) is 0 Å². The molecule has 1 rings (SSSR count). The Morgan fingerprint density at radius 3 is 2.81 bits per heavy atom. The number of furan rings is 1. The minimum atomic E-state index is 0.260. The summed E-state index contributed by atoms with van der Waals surface area (Å²) in [5.74, 6) is 1.96. The predicted molar refractivity (Wildman–Crippen MR) is 65.4 cm³/mol. The normalized spacial score (nSPS) is 11.3. The van der Waals surface area contributed by atoms with E-state index in [0.717, 1.165) is 36.6 Å². The van der Waals surface area contributed by atoms with Crippen molar-refractivity contribution in [1.29, 1.82) is 0 Å². The lowest BCUT2D eigenvalue weighted by atomic mass is 10.2. The van der Waals surface area contributed by atoms with Gasteiger partial charge in [-0.05, 0) is 39.8 Å². The molecule has 0 aliphatic carbocycles. The summed E-state index contributed by atoms with van der Waals surface area (Å²) in [5.41, 5.74) is 1.15. The lowest BCUT2D eigenvalue weighted by Gasteiger charge is -2.05. The van der Waals surface area contributed by atoms with E-state index in [-0.39, 0.29) is 6.10 Å². The van der Waals surface area contributed by atoms with Crippen molar-refractivity contribution in [3.8, 4) is 0 Å². The summed E-state index contributed by atoms with van der Waals surface area (Å²) in [5, 5.41) is 3.32. The molecule has 0 aromatic carbocycles. The van der Waals surface area contributed by atoms with Crippen LogP contribution in [0.4, 0.5) is 0 Å². The topological polar surface area (TPSA) is 34.4 Å². The SMILES string of the molecule is CCCNCc1cc(COC(C)C)c(C)o1. The van der Waals surface area contributed by atoms with Crippen LogP contribution < -0.4 is 5.32 Å². The molecular weight excluding hydrogens is 202 g/mol.